The SMILES string of the molecule is O=C1Nc2ccc(S(=O)(=O)N3CCc4cc(Br)ccc43)cc2C1=Cc1cc2cc(OCCN3CCCC3)ccc2[nH]1. The highest BCUT2D eigenvalue weighted by atomic mass is 79.9. The van der Waals surface area contributed by atoms with Crippen LogP contribution >= 0.6 is 15.9 Å². The van der Waals surface area contributed by atoms with Crippen molar-refractivity contribution in [3.05, 3.63) is 82.0 Å². The van der Waals surface area contributed by atoms with Crippen LogP contribution in [-0.4, -0.2) is 57.0 Å². The van der Waals surface area contributed by atoms with E-state index in [4.69, 9.17) is 4.74 Å². The van der Waals surface area contributed by atoms with Crippen LogP contribution in [0.25, 0.3) is 22.6 Å². The molecule has 7 rings (SSSR count). The highest BCUT2D eigenvalue weighted by Gasteiger charge is 2.33. The van der Waals surface area contributed by atoms with Gasteiger partial charge in [-0.25, -0.2) is 8.42 Å². The van der Waals surface area contributed by atoms with Crippen molar-refractivity contribution in [3.63, 3.8) is 0 Å². The van der Waals surface area contributed by atoms with Crippen molar-refractivity contribution in [2.45, 2.75) is 24.2 Å². The Hall–Kier alpha value is -3.60. The molecule has 0 unspecified atom stereocenters. The predicted octanol–water partition coefficient (Wildman–Crippen LogP) is 5.65. The zero-order valence-electron chi connectivity index (χ0n) is 22.3. The molecule has 0 aliphatic carbocycles. The normalized spacial score (nSPS) is 17.8. The van der Waals surface area contributed by atoms with Gasteiger partial charge in [-0.05, 0) is 105 Å². The fourth-order valence-electron chi connectivity index (χ4n) is 5.94. The Bertz CT molecular complexity index is 1830. The number of hydrogen-bond donors (Lipinski definition) is 2. The topological polar surface area (TPSA) is 94.7 Å². The zero-order valence-corrected chi connectivity index (χ0v) is 24.7. The summed E-state index contributed by atoms with van der Waals surface area (Å²) in [6, 6.07) is 18.3. The van der Waals surface area contributed by atoms with E-state index in [0.717, 1.165) is 52.0 Å². The molecule has 210 valence electrons. The van der Waals surface area contributed by atoms with Crippen LogP contribution in [0.4, 0.5) is 11.4 Å². The summed E-state index contributed by atoms with van der Waals surface area (Å²) in [7, 11) is -3.81. The highest BCUT2D eigenvalue weighted by molar-refractivity contribution is 9.10. The summed E-state index contributed by atoms with van der Waals surface area (Å²) in [5.41, 5.74) is 4.93. The minimum Gasteiger partial charge on any atom is -0.492 e. The van der Waals surface area contributed by atoms with Crippen LogP contribution in [0.1, 0.15) is 29.7 Å². The number of nitrogens with zero attached hydrogens (tertiary/aromatic N) is 2. The molecule has 0 bridgehead atoms. The molecule has 0 atom stereocenters. The van der Waals surface area contributed by atoms with E-state index in [2.05, 4.69) is 31.1 Å². The molecule has 0 spiro atoms. The third-order valence-corrected chi connectivity index (χ3v) is 10.3. The Balaban J connectivity index is 1.15. The number of ether oxygens (including phenoxy) is 1. The number of anilines is 2. The van der Waals surface area contributed by atoms with Crippen LogP contribution in [0.3, 0.4) is 0 Å². The number of likely N-dealkylation sites (tertiary alicyclic amines) is 1. The summed E-state index contributed by atoms with van der Waals surface area (Å²) in [6.07, 6.45) is 4.95. The van der Waals surface area contributed by atoms with Gasteiger partial charge in [-0.1, -0.05) is 15.9 Å². The number of benzene rings is 3. The first-order valence-corrected chi connectivity index (χ1v) is 16.0. The number of fused-ring (bicyclic) bond motifs is 3. The lowest BCUT2D eigenvalue weighted by molar-refractivity contribution is -0.110. The lowest BCUT2D eigenvalue weighted by Crippen LogP contribution is -2.29. The van der Waals surface area contributed by atoms with Gasteiger partial charge in [0.05, 0.1) is 16.2 Å². The first-order chi connectivity index (χ1) is 19.8. The van der Waals surface area contributed by atoms with Gasteiger partial charge >= 0.3 is 0 Å². The second-order valence-electron chi connectivity index (χ2n) is 10.7. The standard InChI is InChI=1S/C31H29BrN4O4S/c32-22-3-8-30-20(15-22)9-12-36(30)41(38,39)25-5-7-29-26(19-25)27(31(37)34-29)18-23-16-21-17-24(4-6-28(21)33-23)40-14-13-35-10-1-2-11-35/h3-8,15-19,33H,1-2,9-14H2,(H,34,37). The Morgan fingerprint density at radius 2 is 1.83 bits per heavy atom. The van der Waals surface area contributed by atoms with E-state index in [9.17, 15) is 13.2 Å². The molecule has 1 saturated heterocycles. The Kier molecular flexibility index (Phi) is 6.64. The molecule has 3 aromatic carbocycles. The summed E-state index contributed by atoms with van der Waals surface area (Å²) >= 11 is 3.47. The maximum atomic E-state index is 13.7. The molecule has 3 aliphatic rings. The summed E-state index contributed by atoms with van der Waals surface area (Å²) < 4.78 is 35.8. The van der Waals surface area contributed by atoms with E-state index in [-0.39, 0.29) is 10.8 Å². The van der Waals surface area contributed by atoms with Crippen LogP contribution in [0.5, 0.6) is 5.75 Å². The van der Waals surface area contributed by atoms with Crippen LogP contribution < -0.4 is 14.4 Å². The van der Waals surface area contributed by atoms with E-state index in [1.807, 2.05) is 42.5 Å². The van der Waals surface area contributed by atoms with Crippen LogP contribution in [0.15, 0.2) is 70.0 Å². The lowest BCUT2D eigenvalue weighted by atomic mass is 10.1. The Morgan fingerprint density at radius 1 is 0.976 bits per heavy atom. The predicted molar refractivity (Wildman–Crippen MR) is 165 cm³/mol. The van der Waals surface area contributed by atoms with Gasteiger partial charge in [0.1, 0.15) is 12.4 Å². The molecule has 3 aliphatic heterocycles. The zero-order chi connectivity index (χ0) is 28.1. The molecule has 0 saturated carbocycles. The number of hydrogen-bond acceptors (Lipinski definition) is 5. The molecule has 2 N–H and O–H groups in total. The fourth-order valence-corrected chi connectivity index (χ4v) is 7.88. The second-order valence-corrected chi connectivity index (χ2v) is 13.5. The molecule has 8 nitrogen and oxygen atoms in total. The number of H-pyrrole nitrogens is 1. The average molecular weight is 634 g/mol. The molecule has 1 amide bonds. The van der Waals surface area contributed by atoms with Crippen LogP contribution in [-0.2, 0) is 21.2 Å². The first kappa shape index (κ1) is 26.3. The number of carbonyl (C=O) groups is 1. The van der Waals surface area contributed by atoms with E-state index < -0.39 is 10.0 Å². The van der Waals surface area contributed by atoms with Crippen LogP contribution in [0, 0.1) is 0 Å². The molecule has 10 heteroatoms. The van der Waals surface area contributed by atoms with Gasteiger partial charge < -0.3 is 15.0 Å². The number of amides is 1. The maximum absolute atomic E-state index is 13.7. The van der Waals surface area contributed by atoms with Crippen molar-refractivity contribution in [2.24, 2.45) is 0 Å². The smallest absolute Gasteiger partial charge is 0.264 e. The van der Waals surface area contributed by atoms with Gasteiger partial charge in [-0.2, -0.15) is 0 Å². The molecular weight excluding hydrogens is 604 g/mol. The largest absolute Gasteiger partial charge is 0.492 e. The van der Waals surface area contributed by atoms with Crippen LogP contribution in [0.2, 0.25) is 0 Å². The number of sulfonamides is 1. The van der Waals surface area contributed by atoms with Gasteiger partial charge in [-0.3, -0.25) is 14.0 Å². The molecule has 41 heavy (non-hydrogen) atoms. The van der Waals surface area contributed by atoms with Gasteiger partial charge in [0.15, 0.2) is 0 Å². The van der Waals surface area contributed by atoms with Gasteiger partial charge in [0.2, 0.25) is 0 Å². The molecule has 1 aromatic heterocycles. The number of aromatic nitrogens is 1. The highest BCUT2D eigenvalue weighted by Crippen LogP contribution is 2.39. The number of aromatic amines is 1. The molecular formula is C31H29BrN4O4S. The number of rotatable bonds is 7. The summed E-state index contributed by atoms with van der Waals surface area (Å²) in [5, 5.41) is 3.84. The van der Waals surface area contributed by atoms with Crippen molar-refractivity contribution in [2.75, 3.05) is 42.4 Å². The Labute approximate surface area is 247 Å². The van der Waals surface area contributed by atoms with E-state index in [1.165, 1.54) is 17.1 Å². The van der Waals surface area contributed by atoms with Crippen molar-refractivity contribution in [1.82, 2.24) is 9.88 Å². The van der Waals surface area contributed by atoms with E-state index >= 15 is 0 Å². The van der Waals surface area contributed by atoms with Crippen molar-refractivity contribution in [3.8, 4) is 5.75 Å². The number of nitrogens with one attached hydrogen (secondary N) is 2. The number of carbonyl (C=O) groups excluding carboxylic acids is 1. The minimum absolute atomic E-state index is 0.154. The monoisotopic (exact) mass is 632 g/mol. The summed E-state index contributed by atoms with van der Waals surface area (Å²) in [4.78, 5) is 18.9. The average Bonchev–Trinajstić information content (AvgIpc) is 3.75. The quantitative estimate of drug-likeness (QED) is 0.257. The first-order valence-electron chi connectivity index (χ1n) is 13.8. The summed E-state index contributed by atoms with van der Waals surface area (Å²) in [5.74, 6) is 0.542. The minimum atomic E-state index is -3.81. The van der Waals surface area contributed by atoms with E-state index in [0.29, 0.717) is 42.1 Å². The third-order valence-electron chi connectivity index (χ3n) is 8.04. The summed E-state index contributed by atoms with van der Waals surface area (Å²) in [6.45, 7) is 4.25. The fraction of sp³-hybridized carbons (Fsp3) is 0.258. The number of halogens is 1. The molecule has 4 heterocycles. The lowest BCUT2D eigenvalue weighted by Gasteiger charge is -2.20. The molecule has 1 fully saturated rings. The third kappa shape index (κ3) is 4.94. The van der Waals surface area contributed by atoms with E-state index in [1.54, 1.807) is 24.3 Å². The van der Waals surface area contributed by atoms with Gasteiger partial charge in [0, 0.05) is 45.4 Å². The van der Waals surface area contributed by atoms with Gasteiger partial charge in [0.25, 0.3) is 15.9 Å². The molecule has 4 aromatic rings. The Morgan fingerprint density at radius 3 is 2.68 bits per heavy atom. The van der Waals surface area contributed by atoms with Gasteiger partial charge in [-0.15, -0.1) is 0 Å². The molecule has 0 radical (unpaired) electrons. The second kappa shape index (κ2) is 10.3. The maximum Gasteiger partial charge on any atom is 0.264 e. The van der Waals surface area contributed by atoms with Crippen molar-refractivity contribution in [1.29, 1.82) is 0 Å². The van der Waals surface area contributed by atoms with Crippen molar-refractivity contribution >= 4 is 65.8 Å². The van der Waals surface area contributed by atoms with Crippen molar-refractivity contribution < 1.29 is 17.9 Å².